The van der Waals surface area contributed by atoms with Crippen LogP contribution in [0.25, 0.3) is 41.6 Å². The number of benzene rings is 4. The largest absolute Gasteiger partial charge is 0.453 e. The number of pyridine rings is 2. The number of halogens is 2. The fourth-order valence-electron chi connectivity index (χ4n) is 7.42. The van der Waals surface area contributed by atoms with Crippen molar-refractivity contribution < 1.29 is 42.2 Å². The SMILES string of the molecule is C.C.C1CCOC1.Cn1cncc1-c1cc2nccc(Oc3ccc(N)cc3F)c2s1.Cn1cncc1-c1cc2nccc(Oc3ccc(NC(=O)NC(=O)Cc4ccccc4)cc3F)c2s1.O=C=NC(=O)Cc1ccccc1. The Morgan fingerprint density at radius 1 is 0.684 bits per heavy atom. The number of aromatic nitrogens is 6. The number of ether oxygens (including phenoxy) is 3. The molecule has 0 aliphatic carbocycles. The predicted octanol–water partition coefficient (Wildman–Crippen LogP) is 12.9. The van der Waals surface area contributed by atoms with Crippen molar-refractivity contribution in [2.75, 3.05) is 24.3 Å². The van der Waals surface area contributed by atoms with Gasteiger partial charge >= 0.3 is 6.03 Å². The van der Waals surface area contributed by atoms with Crippen LogP contribution < -0.4 is 25.8 Å². The number of carbonyl (C=O) groups is 3. The zero-order valence-electron chi connectivity index (χ0n) is 41.4. The van der Waals surface area contributed by atoms with E-state index in [1.165, 1.54) is 65.9 Å². The van der Waals surface area contributed by atoms with Gasteiger partial charge in [0.1, 0.15) is 11.5 Å². The molecule has 79 heavy (non-hydrogen) atoms. The Labute approximate surface area is 462 Å². The summed E-state index contributed by atoms with van der Waals surface area (Å²) < 4.78 is 50.8. The van der Waals surface area contributed by atoms with Gasteiger partial charge in [-0.05, 0) is 60.4 Å². The van der Waals surface area contributed by atoms with E-state index in [1.54, 1.807) is 79.9 Å². The van der Waals surface area contributed by atoms with E-state index in [9.17, 15) is 28.0 Å². The quantitative estimate of drug-likeness (QED) is 0.0626. The maximum absolute atomic E-state index is 14.8. The molecule has 0 atom stereocenters. The molecule has 11 rings (SSSR count). The number of anilines is 2. The molecule has 4 N–H and O–H groups in total. The highest BCUT2D eigenvalue weighted by Crippen LogP contribution is 2.41. The summed E-state index contributed by atoms with van der Waals surface area (Å²) in [7, 11) is 3.84. The minimum absolute atomic E-state index is 0. The van der Waals surface area contributed by atoms with Gasteiger partial charge in [-0.15, -0.1) is 27.7 Å². The van der Waals surface area contributed by atoms with Crippen molar-refractivity contribution in [1.82, 2.24) is 34.4 Å². The highest BCUT2D eigenvalue weighted by Gasteiger charge is 2.17. The molecule has 4 aromatic carbocycles. The van der Waals surface area contributed by atoms with E-state index >= 15 is 0 Å². The van der Waals surface area contributed by atoms with Crippen LogP contribution in [0.2, 0.25) is 0 Å². The Bertz CT molecular complexity index is 3680. The Morgan fingerprint density at radius 2 is 1.19 bits per heavy atom. The molecule has 1 aliphatic heterocycles. The minimum atomic E-state index is -0.749. The van der Waals surface area contributed by atoms with Gasteiger partial charge in [0.05, 0.1) is 79.5 Å². The number of imidazole rings is 2. The number of urea groups is 1. The van der Waals surface area contributed by atoms with E-state index in [2.05, 4.69) is 35.6 Å². The second kappa shape index (κ2) is 28.7. The van der Waals surface area contributed by atoms with Crippen molar-refractivity contribution in [3.05, 3.63) is 182 Å². The van der Waals surface area contributed by atoms with Gasteiger partial charge in [0.15, 0.2) is 23.1 Å². The summed E-state index contributed by atoms with van der Waals surface area (Å²) in [6.07, 6.45) is 14.3. The summed E-state index contributed by atoms with van der Waals surface area (Å²) in [6.45, 7) is 2.00. The Kier molecular flexibility index (Phi) is 21.5. The van der Waals surface area contributed by atoms with Gasteiger partial charge in [0, 0.05) is 75.3 Å². The number of aryl methyl sites for hydroxylation is 2. The number of rotatable bonds is 11. The van der Waals surface area contributed by atoms with Crippen LogP contribution in [0.3, 0.4) is 0 Å². The van der Waals surface area contributed by atoms with Crippen molar-refractivity contribution in [2.24, 2.45) is 19.1 Å². The number of nitrogen functional groups attached to an aromatic ring is 1. The Hall–Kier alpha value is -9.27. The van der Waals surface area contributed by atoms with E-state index in [4.69, 9.17) is 19.9 Å². The Balaban J connectivity index is 0.000000200. The number of fused-ring (bicyclic) bond motifs is 2. The van der Waals surface area contributed by atoms with Crippen LogP contribution in [0.15, 0.2) is 164 Å². The lowest BCUT2D eigenvalue weighted by atomic mass is 10.1. The van der Waals surface area contributed by atoms with E-state index in [-0.39, 0.29) is 44.9 Å². The molecular weight excluding hydrogens is 1050 g/mol. The van der Waals surface area contributed by atoms with Crippen LogP contribution in [0.4, 0.5) is 25.0 Å². The van der Waals surface area contributed by atoms with Gasteiger partial charge in [-0.2, -0.15) is 0 Å². The van der Waals surface area contributed by atoms with E-state index in [0.29, 0.717) is 17.2 Å². The highest BCUT2D eigenvalue weighted by molar-refractivity contribution is 7.23. The molecule has 6 aromatic heterocycles. The third kappa shape index (κ3) is 16.4. The maximum Gasteiger partial charge on any atom is 0.325 e. The lowest BCUT2D eigenvalue weighted by Crippen LogP contribution is -2.35. The number of aliphatic imine (C=N–C) groups is 1. The number of nitrogens with zero attached hydrogens (tertiary/aromatic N) is 7. The van der Waals surface area contributed by atoms with Gasteiger partial charge in [-0.1, -0.05) is 75.5 Å². The molecule has 7 heterocycles. The molecule has 1 fully saturated rings. The molecule has 17 nitrogen and oxygen atoms in total. The van der Waals surface area contributed by atoms with Crippen molar-refractivity contribution in [3.63, 3.8) is 0 Å². The van der Waals surface area contributed by atoms with Gasteiger partial charge < -0.3 is 34.4 Å². The van der Waals surface area contributed by atoms with Crippen molar-refractivity contribution in [1.29, 1.82) is 0 Å². The van der Waals surface area contributed by atoms with Crippen LogP contribution >= 0.6 is 22.7 Å². The lowest BCUT2D eigenvalue weighted by molar-refractivity contribution is -0.119. The first-order chi connectivity index (χ1) is 37.4. The first-order valence-electron chi connectivity index (χ1n) is 23.7. The van der Waals surface area contributed by atoms with E-state index in [1.807, 2.05) is 71.8 Å². The number of nitrogens with two attached hydrogens (primary N) is 1. The Morgan fingerprint density at radius 3 is 1.65 bits per heavy atom. The maximum atomic E-state index is 14.8. The van der Waals surface area contributed by atoms with Crippen molar-refractivity contribution in [3.8, 4) is 44.1 Å². The number of carbonyl (C=O) groups excluding carboxylic acids is 4. The number of nitrogens with one attached hydrogen (secondary N) is 2. The van der Waals surface area contributed by atoms with Gasteiger partial charge in [-0.3, -0.25) is 24.9 Å². The molecule has 1 aliphatic rings. The zero-order chi connectivity index (χ0) is 54.1. The standard InChI is InChI=1S/C26H20FN5O3S.C17H13FN4OS.C9H7NO2.C4H8O.2CH4/c1-32-15-28-14-20(32)23-13-19-25(36-23)22(9-10-29-19)35-21-8-7-17(12-18(21)27)30-26(34)31-24(33)11-16-5-3-2-4-6-16;1-22-9-20-8-13(22)16-7-12-17(24-16)15(4-5-21-12)23-14-3-2-10(19)6-11(14)18;11-7-10-9(12)6-8-4-2-1-3-5-8;1-2-4-5-3-1;;/h2-10,12-15H,11H2,1H3,(H2,30,31,33,34);2-9H,19H2,1H3;1-5H,6H2;1-4H2;2*1H4. The van der Waals surface area contributed by atoms with Crippen LogP contribution in [0.5, 0.6) is 23.0 Å². The average Bonchev–Trinajstić information content (AvgIpc) is 4.36. The summed E-state index contributed by atoms with van der Waals surface area (Å²) in [5, 5.41) is 4.70. The molecule has 21 heteroatoms. The monoisotopic (exact) mass is 1110 g/mol. The average molecular weight is 1110 g/mol. The molecule has 0 bridgehead atoms. The van der Waals surface area contributed by atoms with Crippen LogP contribution in [-0.2, 0) is 46.1 Å². The molecule has 0 radical (unpaired) electrons. The van der Waals surface area contributed by atoms with E-state index in [0.717, 1.165) is 72.0 Å². The van der Waals surface area contributed by atoms with Crippen LogP contribution in [0.1, 0.15) is 38.8 Å². The fourth-order valence-corrected chi connectivity index (χ4v) is 9.65. The molecular formula is C58H56F2N10O7S2. The first-order valence-corrected chi connectivity index (χ1v) is 25.3. The number of imide groups is 1. The smallest absolute Gasteiger partial charge is 0.325 e. The topological polar surface area (TPSA) is 220 Å². The number of hydrogen-bond donors (Lipinski definition) is 3. The third-order valence-electron chi connectivity index (χ3n) is 11.1. The lowest BCUT2D eigenvalue weighted by Gasteiger charge is -2.10. The van der Waals surface area contributed by atoms with Gasteiger partial charge in [0.25, 0.3) is 5.91 Å². The summed E-state index contributed by atoms with van der Waals surface area (Å²) >= 11 is 3.00. The third-order valence-corrected chi connectivity index (χ3v) is 13.5. The predicted molar refractivity (Wildman–Crippen MR) is 305 cm³/mol. The van der Waals surface area contributed by atoms with Gasteiger partial charge in [-0.25, -0.2) is 28.3 Å². The second-order valence-electron chi connectivity index (χ2n) is 16.8. The molecule has 10 aromatic rings. The highest BCUT2D eigenvalue weighted by atomic mass is 32.1. The number of amides is 4. The second-order valence-corrected chi connectivity index (χ2v) is 18.9. The van der Waals surface area contributed by atoms with Crippen LogP contribution in [0, 0.1) is 11.6 Å². The molecule has 4 amide bonds. The summed E-state index contributed by atoms with van der Waals surface area (Å²) in [4.78, 5) is 66.7. The number of thiophene rings is 2. The van der Waals surface area contributed by atoms with Crippen LogP contribution in [-0.4, -0.2) is 66.2 Å². The summed E-state index contributed by atoms with van der Waals surface area (Å²) in [6, 6.07) is 33.1. The molecule has 0 saturated carbocycles. The molecule has 0 unspecified atom stereocenters. The normalized spacial score (nSPS) is 11.1. The first kappa shape index (κ1) is 59.0. The van der Waals surface area contributed by atoms with Crippen molar-refractivity contribution in [2.45, 2.75) is 40.5 Å². The number of hydrogen-bond acceptors (Lipinski definition) is 14. The molecule has 406 valence electrons. The van der Waals surface area contributed by atoms with Gasteiger partial charge in [0.2, 0.25) is 12.0 Å². The van der Waals surface area contributed by atoms with Crippen molar-refractivity contribution >= 4 is 78.4 Å². The van der Waals surface area contributed by atoms with E-state index < -0.39 is 29.5 Å². The minimum Gasteiger partial charge on any atom is -0.453 e. The number of isocyanates is 1. The summed E-state index contributed by atoms with van der Waals surface area (Å²) in [5.74, 6) is -0.959. The summed E-state index contributed by atoms with van der Waals surface area (Å²) in [5.41, 5.74) is 11.2. The molecule has 1 saturated heterocycles. The zero-order valence-corrected chi connectivity index (χ0v) is 43.0. The molecule has 0 spiro atoms. The fraction of sp³-hybridized carbons (Fsp3) is 0.172.